The van der Waals surface area contributed by atoms with Crippen molar-refractivity contribution in [3.05, 3.63) is 88.6 Å². The van der Waals surface area contributed by atoms with Crippen LogP contribution in [0.1, 0.15) is 95.0 Å². The van der Waals surface area contributed by atoms with Gasteiger partial charge in [0.2, 0.25) is 23.6 Å². The van der Waals surface area contributed by atoms with Crippen molar-refractivity contribution >= 4 is 47.2 Å². The summed E-state index contributed by atoms with van der Waals surface area (Å²) < 4.78 is 10.9. The number of rotatable bonds is 11. The van der Waals surface area contributed by atoms with Crippen LogP contribution in [0, 0.1) is 5.92 Å². The van der Waals surface area contributed by atoms with Crippen molar-refractivity contribution < 1.29 is 38.2 Å². The van der Waals surface area contributed by atoms with Crippen LogP contribution in [0.5, 0.6) is 0 Å². The number of piperidine rings is 1. The Hall–Kier alpha value is -5.79. The number of carbonyl (C=O) groups excluding carboxylic acids is 6. The molecule has 1 aromatic heterocycles. The highest BCUT2D eigenvalue weighted by Crippen LogP contribution is 2.47. The van der Waals surface area contributed by atoms with E-state index in [4.69, 9.17) is 9.47 Å². The van der Waals surface area contributed by atoms with Crippen molar-refractivity contribution in [2.45, 2.75) is 110 Å². The summed E-state index contributed by atoms with van der Waals surface area (Å²) >= 11 is 0. The Morgan fingerprint density at radius 2 is 1.53 bits per heavy atom. The van der Waals surface area contributed by atoms with Crippen LogP contribution in [-0.2, 0) is 64.8 Å². The number of hydrogen-bond acceptors (Lipinski definition) is 9. The molecule has 314 valence electrons. The molecule has 59 heavy (non-hydrogen) atoms. The average molecular weight is 809 g/mol. The van der Waals surface area contributed by atoms with Crippen molar-refractivity contribution in [1.29, 1.82) is 0 Å². The normalized spacial score (nSPS) is 17.5. The number of aromatic nitrogens is 1. The monoisotopic (exact) mass is 808 g/mol. The Morgan fingerprint density at radius 3 is 2.20 bits per heavy atom. The molecule has 1 aliphatic carbocycles. The second kappa shape index (κ2) is 17.2. The van der Waals surface area contributed by atoms with E-state index < -0.39 is 40.5 Å². The number of hydrogen-bond donors (Lipinski definition) is 2. The summed E-state index contributed by atoms with van der Waals surface area (Å²) in [5, 5.41) is 5.92. The Balaban J connectivity index is 1.15. The number of benzene rings is 2. The number of ether oxygens (including phenoxy) is 2. The van der Waals surface area contributed by atoms with Gasteiger partial charge in [0.15, 0.2) is 0 Å². The highest BCUT2D eigenvalue weighted by atomic mass is 16.6. The Kier molecular flexibility index (Phi) is 12.5. The number of nitrogens with zero attached hydrogens (tertiary/aromatic N) is 4. The molecule has 14 heteroatoms. The number of amides is 5. The van der Waals surface area contributed by atoms with Crippen LogP contribution < -0.4 is 10.6 Å². The zero-order chi connectivity index (χ0) is 42.7. The maximum atomic E-state index is 14.4. The molecule has 0 radical (unpaired) electrons. The Morgan fingerprint density at radius 1 is 0.864 bits per heavy atom. The molecule has 5 amide bonds. The van der Waals surface area contributed by atoms with Gasteiger partial charge in [-0.15, -0.1) is 0 Å². The van der Waals surface area contributed by atoms with Gasteiger partial charge in [0.1, 0.15) is 23.6 Å². The zero-order valence-corrected chi connectivity index (χ0v) is 35.2. The van der Waals surface area contributed by atoms with Gasteiger partial charge in [-0.05, 0) is 108 Å². The molecule has 1 saturated heterocycles. The van der Waals surface area contributed by atoms with E-state index in [1.54, 1.807) is 64.6 Å². The first-order chi connectivity index (χ1) is 27.8. The quantitative estimate of drug-likeness (QED) is 0.229. The van der Waals surface area contributed by atoms with Gasteiger partial charge >= 0.3 is 12.1 Å². The van der Waals surface area contributed by atoms with E-state index in [2.05, 4.69) is 15.6 Å². The SMILES string of the molecule is CN(Cc1ccccc1CN(CC(=O)Nc1ccc2c(c1)CC1(C2)C(=O)Nc2ncccc21)C(=O)C1CCN(C(=O)CCC(=O)OC(C)(C)C)CC1)C(=O)OC(C)(C)C. The highest BCUT2D eigenvalue weighted by Gasteiger charge is 2.51. The fourth-order valence-electron chi connectivity index (χ4n) is 8.06. The van der Waals surface area contributed by atoms with Crippen molar-refractivity contribution in [2.75, 3.05) is 37.3 Å². The third-order valence-electron chi connectivity index (χ3n) is 10.9. The predicted octanol–water partition coefficient (Wildman–Crippen LogP) is 5.77. The third-order valence-corrected chi connectivity index (χ3v) is 10.9. The lowest BCUT2D eigenvalue weighted by atomic mass is 9.79. The summed E-state index contributed by atoms with van der Waals surface area (Å²) in [6, 6.07) is 16.9. The van der Waals surface area contributed by atoms with E-state index in [1.165, 1.54) is 4.90 Å². The van der Waals surface area contributed by atoms with Gasteiger partial charge in [0.25, 0.3) is 0 Å². The molecule has 0 bridgehead atoms. The van der Waals surface area contributed by atoms with Gasteiger partial charge in [-0.3, -0.25) is 24.0 Å². The van der Waals surface area contributed by atoms with Crippen LogP contribution in [0.2, 0.25) is 0 Å². The fourth-order valence-corrected chi connectivity index (χ4v) is 8.06. The van der Waals surface area contributed by atoms with E-state index in [0.29, 0.717) is 50.3 Å². The minimum Gasteiger partial charge on any atom is -0.460 e. The number of nitrogens with one attached hydrogen (secondary N) is 2. The van der Waals surface area contributed by atoms with Crippen molar-refractivity contribution in [1.82, 2.24) is 19.7 Å². The summed E-state index contributed by atoms with van der Waals surface area (Å²) in [4.78, 5) is 88.7. The fraction of sp³-hybridized carbons (Fsp3) is 0.489. The van der Waals surface area contributed by atoms with E-state index in [9.17, 15) is 28.8 Å². The molecule has 1 unspecified atom stereocenters. The van der Waals surface area contributed by atoms with Crippen LogP contribution >= 0.6 is 0 Å². The molecule has 6 rings (SSSR count). The number of carbonyl (C=O) groups is 6. The number of esters is 1. The standard InChI is InChI=1S/C45H56N6O8/c1-43(2,3)58-38(54)17-16-37(53)50-21-18-29(19-22-50)40(55)51(27-32-12-9-8-11-31(32)26-49(7)42(57)59-44(4,5)6)28-36(52)47-34-15-14-30-24-45(25-33(30)23-34)35-13-10-20-46-39(35)48-41(45)56/h8-15,20,23,29H,16-19,21-22,24-28H2,1-7H3,(H,47,52)(H,46,48,56). The molecule has 3 heterocycles. The van der Waals surface area contributed by atoms with Crippen LogP contribution in [0.15, 0.2) is 60.8 Å². The smallest absolute Gasteiger partial charge is 0.410 e. The second-order valence-electron chi connectivity index (χ2n) is 17.9. The number of likely N-dealkylation sites (tertiary alicyclic amines) is 1. The number of fused-ring (bicyclic) bond motifs is 3. The highest BCUT2D eigenvalue weighted by molar-refractivity contribution is 6.06. The van der Waals surface area contributed by atoms with Crippen LogP contribution in [0.25, 0.3) is 0 Å². The van der Waals surface area contributed by atoms with Gasteiger partial charge in [0, 0.05) is 63.0 Å². The van der Waals surface area contributed by atoms with Crippen LogP contribution in [0.4, 0.5) is 16.3 Å². The first-order valence-corrected chi connectivity index (χ1v) is 20.3. The molecule has 0 saturated carbocycles. The molecule has 1 fully saturated rings. The molecule has 2 aliphatic heterocycles. The second-order valence-corrected chi connectivity index (χ2v) is 17.9. The Bertz CT molecular complexity index is 2110. The lowest BCUT2D eigenvalue weighted by Crippen LogP contribution is -2.46. The summed E-state index contributed by atoms with van der Waals surface area (Å²) in [6.07, 6.45) is 2.97. The molecular weight excluding hydrogens is 753 g/mol. The maximum Gasteiger partial charge on any atom is 0.410 e. The number of anilines is 2. The predicted molar refractivity (Wildman–Crippen MR) is 221 cm³/mol. The number of pyridine rings is 1. The summed E-state index contributed by atoms with van der Waals surface area (Å²) in [5.41, 5.74) is 2.91. The molecule has 3 aliphatic rings. The molecule has 2 aromatic carbocycles. The molecule has 1 spiro atoms. The van der Waals surface area contributed by atoms with Gasteiger partial charge in [0.05, 0.1) is 11.8 Å². The maximum absolute atomic E-state index is 14.4. The largest absolute Gasteiger partial charge is 0.460 e. The summed E-state index contributed by atoms with van der Waals surface area (Å²) in [5.74, 6) is -1.16. The lowest BCUT2D eigenvalue weighted by molar-refractivity contribution is -0.156. The van der Waals surface area contributed by atoms with Crippen molar-refractivity contribution in [3.63, 3.8) is 0 Å². The van der Waals surface area contributed by atoms with E-state index in [1.807, 2.05) is 54.6 Å². The van der Waals surface area contributed by atoms with E-state index >= 15 is 0 Å². The van der Waals surface area contributed by atoms with Gasteiger partial charge in [-0.1, -0.05) is 36.4 Å². The molecule has 14 nitrogen and oxygen atoms in total. The first kappa shape index (κ1) is 42.8. The Labute approximate surface area is 346 Å². The van der Waals surface area contributed by atoms with Crippen molar-refractivity contribution in [3.8, 4) is 0 Å². The minimum absolute atomic E-state index is 0.0216. The lowest BCUT2D eigenvalue weighted by Gasteiger charge is -2.34. The summed E-state index contributed by atoms with van der Waals surface area (Å²) in [7, 11) is 1.65. The van der Waals surface area contributed by atoms with E-state index in [-0.39, 0.29) is 50.2 Å². The van der Waals surface area contributed by atoms with Crippen LogP contribution in [0.3, 0.4) is 0 Å². The molecule has 3 aromatic rings. The topological polar surface area (TPSA) is 168 Å². The van der Waals surface area contributed by atoms with E-state index in [0.717, 1.165) is 27.8 Å². The molecular formula is C45H56N6O8. The third kappa shape index (κ3) is 10.5. The van der Waals surface area contributed by atoms with Gasteiger partial charge in [-0.2, -0.15) is 0 Å². The van der Waals surface area contributed by atoms with Gasteiger partial charge < -0.3 is 34.8 Å². The average Bonchev–Trinajstić information content (AvgIpc) is 3.68. The van der Waals surface area contributed by atoms with Crippen LogP contribution in [-0.4, -0.2) is 93.3 Å². The van der Waals surface area contributed by atoms with Gasteiger partial charge in [-0.25, -0.2) is 9.78 Å². The zero-order valence-electron chi connectivity index (χ0n) is 35.2. The minimum atomic E-state index is -0.749. The summed E-state index contributed by atoms with van der Waals surface area (Å²) in [6.45, 7) is 11.5. The molecule has 1 atom stereocenters. The first-order valence-electron chi connectivity index (χ1n) is 20.3. The molecule has 2 N–H and O–H groups in total. The van der Waals surface area contributed by atoms with Crippen molar-refractivity contribution in [2.24, 2.45) is 5.92 Å².